The smallest absolute Gasteiger partial charge is 0.227 e. The molecule has 1 saturated heterocycles. The lowest BCUT2D eigenvalue weighted by atomic mass is 10.1. The van der Waals surface area contributed by atoms with Crippen LogP contribution in [0.2, 0.25) is 0 Å². The minimum Gasteiger partial charge on any atom is -0.497 e. The fourth-order valence-corrected chi connectivity index (χ4v) is 5.01. The van der Waals surface area contributed by atoms with Gasteiger partial charge in [-0.25, -0.2) is 0 Å². The van der Waals surface area contributed by atoms with Crippen LogP contribution in [0.4, 0.5) is 0 Å². The lowest BCUT2D eigenvalue weighted by Crippen LogP contribution is -2.32. The molecule has 2 aromatic carbocycles. The van der Waals surface area contributed by atoms with Crippen molar-refractivity contribution in [3.05, 3.63) is 59.7 Å². The van der Waals surface area contributed by atoms with Gasteiger partial charge in [-0.3, -0.25) is 4.79 Å². The van der Waals surface area contributed by atoms with Crippen LogP contribution >= 0.6 is 11.8 Å². The zero-order valence-electron chi connectivity index (χ0n) is 15.1. The van der Waals surface area contributed by atoms with E-state index in [-0.39, 0.29) is 17.2 Å². The molecule has 2 fully saturated rings. The molecule has 1 aliphatic carbocycles. The second-order valence-electron chi connectivity index (χ2n) is 6.72. The third kappa shape index (κ3) is 3.16. The van der Waals surface area contributed by atoms with Gasteiger partial charge in [0, 0.05) is 23.8 Å². The molecule has 1 heterocycles. The largest absolute Gasteiger partial charge is 0.497 e. The van der Waals surface area contributed by atoms with Crippen molar-refractivity contribution in [1.82, 2.24) is 4.90 Å². The molecule has 1 aliphatic heterocycles. The van der Waals surface area contributed by atoms with Gasteiger partial charge in [0.25, 0.3) is 0 Å². The molecule has 136 valence electrons. The molecule has 0 aromatic heterocycles. The number of ether oxygens (including phenoxy) is 2. The molecule has 0 spiro atoms. The summed E-state index contributed by atoms with van der Waals surface area (Å²) >= 11 is 1.79. The van der Waals surface area contributed by atoms with Gasteiger partial charge >= 0.3 is 0 Å². The van der Waals surface area contributed by atoms with Gasteiger partial charge in [-0.05, 0) is 36.1 Å². The summed E-state index contributed by atoms with van der Waals surface area (Å²) in [5.74, 6) is 3.27. The standard InChI is InChI=1S/C21H23NO3S/c1-24-15-8-9-19(25-2)18(12-15)21-22(10-11-26-21)20(23)17-13-16(17)14-6-4-3-5-7-14/h3-9,12,16-17,21H,10-11,13H2,1-2H3/t16-,17-,21+/m0/s1. The molecule has 3 atom stereocenters. The first-order valence-electron chi connectivity index (χ1n) is 8.92. The van der Waals surface area contributed by atoms with E-state index in [9.17, 15) is 4.79 Å². The average Bonchev–Trinajstić information content (AvgIpc) is 3.35. The first-order valence-corrected chi connectivity index (χ1v) is 9.96. The summed E-state index contributed by atoms with van der Waals surface area (Å²) in [5, 5.41) is -0.00965. The Bertz CT molecular complexity index is 795. The van der Waals surface area contributed by atoms with Crippen molar-refractivity contribution in [2.45, 2.75) is 17.7 Å². The quantitative estimate of drug-likeness (QED) is 0.796. The summed E-state index contributed by atoms with van der Waals surface area (Å²) in [5.41, 5.74) is 2.29. The van der Waals surface area contributed by atoms with Gasteiger partial charge in [0.15, 0.2) is 0 Å². The van der Waals surface area contributed by atoms with Gasteiger partial charge in [-0.2, -0.15) is 0 Å². The van der Waals surface area contributed by atoms with E-state index in [0.717, 1.165) is 35.8 Å². The normalized spacial score (nSPS) is 24.4. The van der Waals surface area contributed by atoms with Crippen molar-refractivity contribution in [1.29, 1.82) is 0 Å². The van der Waals surface area contributed by atoms with E-state index < -0.39 is 0 Å². The van der Waals surface area contributed by atoms with Crippen LogP contribution in [0.5, 0.6) is 11.5 Å². The first kappa shape index (κ1) is 17.3. The number of nitrogens with zero attached hydrogens (tertiary/aromatic N) is 1. The Labute approximate surface area is 158 Å². The monoisotopic (exact) mass is 369 g/mol. The number of hydrogen-bond acceptors (Lipinski definition) is 4. The molecule has 0 N–H and O–H groups in total. The van der Waals surface area contributed by atoms with Gasteiger partial charge < -0.3 is 14.4 Å². The fourth-order valence-electron chi connectivity index (χ4n) is 3.74. The van der Waals surface area contributed by atoms with E-state index in [2.05, 4.69) is 12.1 Å². The van der Waals surface area contributed by atoms with E-state index in [1.165, 1.54) is 5.56 Å². The molecule has 2 aromatic rings. The van der Waals surface area contributed by atoms with Crippen LogP contribution in [0.25, 0.3) is 0 Å². The number of benzene rings is 2. The van der Waals surface area contributed by atoms with Crippen LogP contribution in [-0.2, 0) is 4.79 Å². The second-order valence-corrected chi connectivity index (χ2v) is 7.91. The number of carbonyl (C=O) groups excluding carboxylic acids is 1. The molecule has 26 heavy (non-hydrogen) atoms. The van der Waals surface area contributed by atoms with E-state index in [1.54, 1.807) is 26.0 Å². The lowest BCUT2D eigenvalue weighted by Gasteiger charge is -2.26. The number of thioether (sulfide) groups is 1. The van der Waals surface area contributed by atoms with Crippen LogP contribution < -0.4 is 9.47 Å². The Balaban J connectivity index is 1.55. The van der Waals surface area contributed by atoms with E-state index >= 15 is 0 Å². The second kappa shape index (κ2) is 7.23. The van der Waals surface area contributed by atoms with E-state index in [1.807, 2.05) is 41.3 Å². The highest BCUT2D eigenvalue weighted by atomic mass is 32.2. The highest BCUT2D eigenvalue weighted by Gasteiger charge is 2.48. The summed E-state index contributed by atoms with van der Waals surface area (Å²) in [4.78, 5) is 15.2. The number of hydrogen-bond donors (Lipinski definition) is 0. The van der Waals surface area contributed by atoms with Crippen molar-refractivity contribution in [2.75, 3.05) is 26.5 Å². The predicted octanol–water partition coefficient (Wildman–Crippen LogP) is 4.08. The fraction of sp³-hybridized carbons (Fsp3) is 0.381. The zero-order chi connectivity index (χ0) is 18.1. The SMILES string of the molecule is COc1ccc(OC)c([C@H]2SCCN2C(=O)[C@H]2C[C@H]2c2ccccc2)c1. The molecule has 4 rings (SSSR count). The van der Waals surface area contributed by atoms with Crippen LogP contribution in [0.15, 0.2) is 48.5 Å². The molecule has 4 nitrogen and oxygen atoms in total. The van der Waals surface area contributed by atoms with E-state index in [4.69, 9.17) is 9.47 Å². The molecular weight excluding hydrogens is 346 g/mol. The van der Waals surface area contributed by atoms with Gasteiger partial charge in [0.1, 0.15) is 16.9 Å². The van der Waals surface area contributed by atoms with Crippen molar-refractivity contribution in [2.24, 2.45) is 5.92 Å². The van der Waals surface area contributed by atoms with Crippen LogP contribution in [0.3, 0.4) is 0 Å². The third-order valence-corrected chi connectivity index (χ3v) is 6.45. The minimum atomic E-state index is -0.00965. The van der Waals surface area contributed by atoms with Gasteiger partial charge in [-0.15, -0.1) is 11.8 Å². The van der Waals surface area contributed by atoms with Crippen molar-refractivity contribution in [3.63, 3.8) is 0 Å². The molecule has 0 radical (unpaired) electrons. The van der Waals surface area contributed by atoms with Crippen molar-refractivity contribution >= 4 is 17.7 Å². The summed E-state index contributed by atoms with van der Waals surface area (Å²) in [7, 11) is 3.33. The Morgan fingerprint density at radius 1 is 1.12 bits per heavy atom. The minimum absolute atomic E-state index is 0.00965. The summed E-state index contributed by atoms with van der Waals surface area (Å²) in [6, 6.07) is 16.2. The number of carbonyl (C=O) groups is 1. The van der Waals surface area contributed by atoms with Gasteiger partial charge in [0.05, 0.1) is 14.2 Å². The van der Waals surface area contributed by atoms with Crippen molar-refractivity contribution in [3.8, 4) is 11.5 Å². The Kier molecular flexibility index (Phi) is 4.81. The summed E-state index contributed by atoms with van der Waals surface area (Å²) in [6.07, 6.45) is 0.950. The Morgan fingerprint density at radius 3 is 2.65 bits per heavy atom. The van der Waals surface area contributed by atoms with Gasteiger partial charge in [-0.1, -0.05) is 30.3 Å². The van der Waals surface area contributed by atoms with Crippen LogP contribution in [0, 0.1) is 5.92 Å². The number of amides is 1. The lowest BCUT2D eigenvalue weighted by molar-refractivity contribution is -0.132. The predicted molar refractivity (Wildman–Crippen MR) is 104 cm³/mol. The third-order valence-electron chi connectivity index (χ3n) is 5.21. The average molecular weight is 369 g/mol. The molecule has 1 saturated carbocycles. The maximum atomic E-state index is 13.2. The Hall–Kier alpha value is -2.14. The Morgan fingerprint density at radius 2 is 1.92 bits per heavy atom. The van der Waals surface area contributed by atoms with Crippen LogP contribution in [-0.4, -0.2) is 37.3 Å². The molecular formula is C21H23NO3S. The topological polar surface area (TPSA) is 38.8 Å². The molecule has 0 bridgehead atoms. The molecule has 0 unspecified atom stereocenters. The number of rotatable bonds is 5. The summed E-state index contributed by atoms with van der Waals surface area (Å²) < 4.78 is 10.9. The van der Waals surface area contributed by atoms with Gasteiger partial charge in [0.2, 0.25) is 5.91 Å². The highest BCUT2D eigenvalue weighted by molar-refractivity contribution is 7.99. The number of methoxy groups -OCH3 is 2. The molecule has 5 heteroatoms. The van der Waals surface area contributed by atoms with Crippen LogP contribution in [0.1, 0.15) is 28.8 Å². The first-order chi connectivity index (χ1) is 12.7. The zero-order valence-corrected chi connectivity index (χ0v) is 15.9. The maximum Gasteiger partial charge on any atom is 0.227 e. The molecule has 2 aliphatic rings. The van der Waals surface area contributed by atoms with E-state index in [0.29, 0.717) is 5.92 Å². The highest BCUT2D eigenvalue weighted by Crippen LogP contribution is 2.51. The van der Waals surface area contributed by atoms with Crippen molar-refractivity contribution < 1.29 is 14.3 Å². The summed E-state index contributed by atoms with van der Waals surface area (Å²) in [6.45, 7) is 0.784. The molecule has 1 amide bonds. The maximum absolute atomic E-state index is 13.2.